The topological polar surface area (TPSA) is 68.1 Å². The number of nitrogens with one attached hydrogen (secondary N) is 1. The zero-order chi connectivity index (χ0) is 14.6. The summed E-state index contributed by atoms with van der Waals surface area (Å²) < 4.78 is 8.88. The van der Waals surface area contributed by atoms with Crippen LogP contribution < -0.4 is 10.6 Å². The molecule has 20 heavy (non-hydrogen) atoms. The van der Waals surface area contributed by atoms with Gasteiger partial charge in [-0.1, -0.05) is 34.8 Å². The number of carbonyl (C=O) groups is 1. The van der Waals surface area contributed by atoms with E-state index in [1.165, 1.54) is 6.26 Å². The summed E-state index contributed by atoms with van der Waals surface area (Å²) in [5, 5.41) is 4.41. The molecular weight excluding hydrogens is 327 g/mol. The number of furan rings is 1. The molecule has 1 aliphatic rings. The molecule has 0 saturated carbocycles. The summed E-state index contributed by atoms with van der Waals surface area (Å²) in [5.41, 5.74) is 0. The fraction of sp³-hybridized carbons (Fsp3) is 0.583. The van der Waals surface area contributed by atoms with Crippen LogP contribution in [0.2, 0.25) is 0 Å². The van der Waals surface area contributed by atoms with Gasteiger partial charge in [-0.3, -0.25) is 10.1 Å². The standard InChI is InChI=1S/C12H15Cl3N2O3/c13-12(14,15)11(16-7-8-3-1-5-19-8)17-10(18)9-4-2-6-20-9/h2,4,6,8,11,16H,1,3,5,7H2,(H,17,18)/p+1/t8-,11-/m0/s1. The number of alkyl halides is 3. The lowest BCUT2D eigenvalue weighted by molar-refractivity contribution is -0.697. The lowest BCUT2D eigenvalue weighted by Gasteiger charge is -2.24. The number of ether oxygens (including phenoxy) is 1. The molecule has 2 heterocycles. The molecule has 0 spiro atoms. The average Bonchev–Trinajstić information content (AvgIpc) is 3.04. The second-order valence-corrected chi connectivity index (χ2v) is 6.95. The number of nitrogens with two attached hydrogens (primary N) is 1. The van der Waals surface area contributed by atoms with Crippen LogP contribution in [0.15, 0.2) is 22.8 Å². The summed E-state index contributed by atoms with van der Waals surface area (Å²) in [5.74, 6) is -0.246. The number of hydrogen-bond donors (Lipinski definition) is 2. The summed E-state index contributed by atoms with van der Waals surface area (Å²) in [6.07, 6.45) is 2.85. The van der Waals surface area contributed by atoms with Crippen LogP contribution in [0.4, 0.5) is 0 Å². The molecule has 8 heteroatoms. The van der Waals surface area contributed by atoms with Crippen molar-refractivity contribution in [2.75, 3.05) is 13.2 Å². The van der Waals surface area contributed by atoms with Crippen molar-refractivity contribution in [3.8, 4) is 0 Å². The fourth-order valence-electron chi connectivity index (χ4n) is 2.01. The van der Waals surface area contributed by atoms with Crippen molar-refractivity contribution in [2.24, 2.45) is 0 Å². The maximum Gasteiger partial charge on any atom is 0.291 e. The third-order valence-electron chi connectivity index (χ3n) is 3.04. The van der Waals surface area contributed by atoms with Crippen LogP contribution in [0.3, 0.4) is 0 Å². The van der Waals surface area contributed by atoms with E-state index in [9.17, 15) is 4.79 Å². The maximum atomic E-state index is 11.9. The highest BCUT2D eigenvalue weighted by Gasteiger charge is 2.38. The number of carbonyl (C=O) groups excluding carboxylic acids is 1. The number of rotatable bonds is 5. The SMILES string of the molecule is O=C(N[C@H]([NH2+]C[C@@H]1CCCO1)C(Cl)(Cl)Cl)c1ccco1. The molecule has 5 nitrogen and oxygen atoms in total. The molecule has 0 aromatic carbocycles. The molecule has 1 saturated heterocycles. The summed E-state index contributed by atoms with van der Waals surface area (Å²) in [7, 11) is 0. The fourth-order valence-corrected chi connectivity index (χ4v) is 2.44. The summed E-state index contributed by atoms with van der Waals surface area (Å²) in [6.45, 7) is 1.38. The normalized spacial score (nSPS) is 20.9. The quantitative estimate of drug-likeness (QED) is 0.628. The first kappa shape index (κ1) is 15.9. The Bertz CT molecular complexity index is 428. The smallest absolute Gasteiger partial charge is 0.291 e. The van der Waals surface area contributed by atoms with Crippen molar-refractivity contribution in [1.82, 2.24) is 5.32 Å². The summed E-state index contributed by atoms with van der Waals surface area (Å²) in [6, 6.07) is 3.17. The van der Waals surface area contributed by atoms with E-state index in [4.69, 9.17) is 44.0 Å². The highest BCUT2D eigenvalue weighted by Crippen LogP contribution is 2.27. The van der Waals surface area contributed by atoms with Gasteiger partial charge in [0.15, 0.2) is 5.76 Å². The van der Waals surface area contributed by atoms with Gasteiger partial charge in [0.05, 0.1) is 6.26 Å². The van der Waals surface area contributed by atoms with Gasteiger partial charge in [-0.25, -0.2) is 0 Å². The molecule has 2 rings (SSSR count). The molecule has 1 aliphatic heterocycles. The first-order valence-electron chi connectivity index (χ1n) is 6.33. The van der Waals surface area contributed by atoms with Gasteiger partial charge in [-0.05, 0) is 25.0 Å². The minimum absolute atomic E-state index is 0.130. The van der Waals surface area contributed by atoms with Crippen LogP contribution in [0, 0.1) is 0 Å². The zero-order valence-electron chi connectivity index (χ0n) is 10.7. The number of amides is 1. The minimum Gasteiger partial charge on any atom is -0.459 e. The number of hydrogen-bond acceptors (Lipinski definition) is 3. The van der Waals surface area contributed by atoms with E-state index in [2.05, 4.69) is 5.32 Å². The van der Waals surface area contributed by atoms with E-state index in [1.807, 2.05) is 0 Å². The van der Waals surface area contributed by atoms with Crippen LogP contribution in [0.5, 0.6) is 0 Å². The van der Waals surface area contributed by atoms with E-state index >= 15 is 0 Å². The van der Waals surface area contributed by atoms with Gasteiger partial charge in [0, 0.05) is 6.61 Å². The van der Waals surface area contributed by atoms with Crippen molar-refractivity contribution >= 4 is 40.7 Å². The monoisotopic (exact) mass is 341 g/mol. The minimum atomic E-state index is -1.62. The number of halogens is 3. The van der Waals surface area contributed by atoms with Gasteiger partial charge in [-0.2, -0.15) is 0 Å². The molecule has 1 amide bonds. The first-order valence-corrected chi connectivity index (χ1v) is 7.46. The van der Waals surface area contributed by atoms with Crippen LogP contribution in [-0.4, -0.2) is 35.1 Å². The van der Waals surface area contributed by atoms with Crippen molar-refractivity contribution < 1.29 is 19.3 Å². The molecule has 0 bridgehead atoms. The molecule has 2 atom stereocenters. The van der Waals surface area contributed by atoms with E-state index in [-0.39, 0.29) is 11.9 Å². The second kappa shape index (κ2) is 7.00. The third kappa shape index (κ3) is 4.53. The Kier molecular flexibility index (Phi) is 5.57. The highest BCUT2D eigenvalue weighted by atomic mass is 35.6. The lowest BCUT2D eigenvalue weighted by atomic mass is 10.2. The van der Waals surface area contributed by atoms with Gasteiger partial charge in [0.1, 0.15) is 12.6 Å². The van der Waals surface area contributed by atoms with Gasteiger partial charge in [0.2, 0.25) is 6.17 Å². The van der Waals surface area contributed by atoms with Crippen LogP contribution in [0.25, 0.3) is 0 Å². The maximum absolute atomic E-state index is 11.9. The Morgan fingerprint density at radius 3 is 2.90 bits per heavy atom. The summed E-state index contributed by atoms with van der Waals surface area (Å²) >= 11 is 17.7. The first-order chi connectivity index (χ1) is 9.47. The molecule has 0 radical (unpaired) electrons. The summed E-state index contributed by atoms with van der Waals surface area (Å²) in [4.78, 5) is 11.9. The Hall–Kier alpha value is -0.460. The van der Waals surface area contributed by atoms with E-state index in [0.717, 1.165) is 19.4 Å². The Morgan fingerprint density at radius 2 is 2.35 bits per heavy atom. The van der Waals surface area contributed by atoms with E-state index < -0.39 is 15.9 Å². The van der Waals surface area contributed by atoms with Crippen molar-refractivity contribution in [3.05, 3.63) is 24.2 Å². The second-order valence-electron chi connectivity index (χ2n) is 4.58. The van der Waals surface area contributed by atoms with Gasteiger partial charge in [-0.15, -0.1) is 0 Å². The van der Waals surface area contributed by atoms with Crippen LogP contribution in [-0.2, 0) is 4.74 Å². The van der Waals surface area contributed by atoms with E-state index in [0.29, 0.717) is 6.54 Å². The molecular formula is C12H16Cl3N2O3+. The molecule has 1 aromatic heterocycles. The van der Waals surface area contributed by atoms with Crippen molar-refractivity contribution in [2.45, 2.75) is 28.9 Å². The Balaban J connectivity index is 1.91. The average molecular weight is 343 g/mol. The molecule has 112 valence electrons. The number of quaternary nitrogens is 1. The zero-order valence-corrected chi connectivity index (χ0v) is 12.9. The third-order valence-corrected chi connectivity index (χ3v) is 3.75. The molecule has 0 aliphatic carbocycles. The van der Waals surface area contributed by atoms with Gasteiger partial charge >= 0.3 is 0 Å². The molecule has 1 fully saturated rings. The predicted octanol–water partition coefficient (Wildman–Crippen LogP) is 1.45. The molecule has 1 aromatic rings. The Morgan fingerprint density at radius 1 is 1.55 bits per heavy atom. The Labute approximate surface area is 131 Å². The highest BCUT2D eigenvalue weighted by molar-refractivity contribution is 6.68. The molecule has 3 N–H and O–H groups in total. The van der Waals surface area contributed by atoms with Crippen molar-refractivity contribution in [1.29, 1.82) is 0 Å². The van der Waals surface area contributed by atoms with Crippen LogP contribution >= 0.6 is 34.8 Å². The predicted molar refractivity (Wildman–Crippen MR) is 76.0 cm³/mol. The largest absolute Gasteiger partial charge is 0.459 e. The lowest BCUT2D eigenvalue weighted by Crippen LogP contribution is -2.97. The van der Waals surface area contributed by atoms with Crippen LogP contribution in [0.1, 0.15) is 23.4 Å². The van der Waals surface area contributed by atoms with Gasteiger partial charge in [0.25, 0.3) is 9.70 Å². The molecule has 0 unspecified atom stereocenters. The van der Waals surface area contributed by atoms with Gasteiger partial charge < -0.3 is 14.5 Å². The van der Waals surface area contributed by atoms with E-state index in [1.54, 1.807) is 17.4 Å². The van der Waals surface area contributed by atoms with Crippen molar-refractivity contribution in [3.63, 3.8) is 0 Å².